The number of nitrogens with zero attached hydrogens (tertiary/aromatic N) is 1. The summed E-state index contributed by atoms with van der Waals surface area (Å²) in [7, 11) is 0. The van der Waals surface area contributed by atoms with E-state index in [0.29, 0.717) is 19.1 Å². The predicted molar refractivity (Wildman–Crippen MR) is 159 cm³/mol. The third-order valence-electron chi connectivity index (χ3n) is 12.6. The number of hydrogen-bond acceptors (Lipinski definition) is 5. The number of carbonyl (C=O) groups is 3. The summed E-state index contributed by atoms with van der Waals surface area (Å²) in [6.45, 7) is 16.1. The van der Waals surface area contributed by atoms with Gasteiger partial charge in [0, 0.05) is 23.3 Å². The van der Waals surface area contributed by atoms with Gasteiger partial charge in [0.2, 0.25) is 0 Å². The van der Waals surface area contributed by atoms with Crippen LogP contribution >= 0.6 is 0 Å². The van der Waals surface area contributed by atoms with Crippen molar-refractivity contribution in [1.82, 2.24) is 5.32 Å². The number of ether oxygens (including phenoxy) is 1. The standard InChI is InChI=1S/C35H50N2O4/c1-8-37-30(40)41-17-9-12-35-14-10-23-28(24(35)20-31(2,3)15-16-35)25(38)18-27-33(23,6)13-11-26-32(4,5)29(39)22(21-36)19-34(26,27)7/h18-19,23-24,26,28H,8-17,20H2,1-7H3,(H,37,40). The second kappa shape index (κ2) is 10.1. The van der Waals surface area contributed by atoms with E-state index < -0.39 is 10.8 Å². The fourth-order valence-electron chi connectivity index (χ4n) is 10.6. The van der Waals surface area contributed by atoms with Crippen LogP contribution in [0.2, 0.25) is 0 Å². The molecule has 224 valence electrons. The van der Waals surface area contributed by atoms with Crippen molar-refractivity contribution in [2.24, 2.45) is 50.7 Å². The van der Waals surface area contributed by atoms with Crippen molar-refractivity contribution in [3.05, 3.63) is 23.3 Å². The molecule has 6 nitrogen and oxygen atoms in total. The van der Waals surface area contributed by atoms with Crippen LogP contribution in [0, 0.1) is 62.1 Å². The Morgan fingerprint density at radius 1 is 1.05 bits per heavy atom. The fourth-order valence-corrected chi connectivity index (χ4v) is 10.6. The molecule has 0 aromatic rings. The summed E-state index contributed by atoms with van der Waals surface area (Å²) >= 11 is 0. The van der Waals surface area contributed by atoms with E-state index >= 15 is 0 Å². The van der Waals surface area contributed by atoms with Gasteiger partial charge in [0.1, 0.15) is 6.07 Å². The van der Waals surface area contributed by atoms with E-state index in [-0.39, 0.29) is 57.2 Å². The number of carbonyl (C=O) groups excluding carboxylic acids is 3. The van der Waals surface area contributed by atoms with Crippen molar-refractivity contribution in [2.45, 2.75) is 106 Å². The maximum Gasteiger partial charge on any atom is 0.407 e. The molecule has 7 atom stereocenters. The number of nitrogens with one attached hydrogen (secondary N) is 1. The largest absolute Gasteiger partial charge is 0.450 e. The maximum atomic E-state index is 14.4. The van der Waals surface area contributed by atoms with Crippen LogP contribution in [0.4, 0.5) is 4.79 Å². The number of nitriles is 1. The highest BCUT2D eigenvalue weighted by Gasteiger charge is 2.65. The van der Waals surface area contributed by atoms with Crippen LogP contribution < -0.4 is 5.32 Å². The second-order valence-electron chi connectivity index (χ2n) is 15.8. The van der Waals surface area contributed by atoms with Crippen molar-refractivity contribution in [1.29, 1.82) is 5.26 Å². The monoisotopic (exact) mass is 562 g/mol. The summed E-state index contributed by atoms with van der Waals surface area (Å²) in [5, 5.41) is 12.6. The third kappa shape index (κ3) is 4.61. The molecule has 5 aliphatic carbocycles. The Balaban J connectivity index is 1.50. The van der Waals surface area contributed by atoms with Gasteiger partial charge in [-0.3, -0.25) is 9.59 Å². The molecule has 6 heteroatoms. The Labute approximate surface area is 246 Å². The maximum absolute atomic E-state index is 14.4. The average Bonchev–Trinajstić information content (AvgIpc) is 2.90. The highest BCUT2D eigenvalue weighted by atomic mass is 16.5. The molecule has 7 unspecified atom stereocenters. The Morgan fingerprint density at radius 3 is 2.46 bits per heavy atom. The minimum atomic E-state index is -0.637. The summed E-state index contributed by atoms with van der Waals surface area (Å²) < 4.78 is 5.43. The van der Waals surface area contributed by atoms with Gasteiger partial charge in [0.25, 0.3) is 0 Å². The van der Waals surface area contributed by atoms with E-state index in [1.807, 2.05) is 32.9 Å². The molecule has 0 heterocycles. The molecular weight excluding hydrogens is 512 g/mol. The molecule has 0 saturated heterocycles. The smallest absolute Gasteiger partial charge is 0.407 e. The Bertz CT molecular complexity index is 1240. The van der Waals surface area contributed by atoms with Crippen molar-refractivity contribution >= 4 is 17.7 Å². The van der Waals surface area contributed by atoms with Crippen LogP contribution in [0.1, 0.15) is 106 Å². The average molecular weight is 563 g/mol. The number of amides is 1. The van der Waals surface area contributed by atoms with Gasteiger partial charge < -0.3 is 10.1 Å². The molecule has 1 N–H and O–H groups in total. The van der Waals surface area contributed by atoms with Gasteiger partial charge in [-0.2, -0.15) is 5.26 Å². The van der Waals surface area contributed by atoms with Gasteiger partial charge in [0.15, 0.2) is 11.6 Å². The lowest BCUT2D eigenvalue weighted by molar-refractivity contribution is -0.149. The van der Waals surface area contributed by atoms with Crippen LogP contribution in [-0.2, 0) is 14.3 Å². The lowest BCUT2D eigenvalue weighted by Crippen LogP contribution is -2.60. The summed E-state index contributed by atoms with van der Waals surface area (Å²) in [6, 6.07) is 2.20. The zero-order valence-electron chi connectivity index (χ0n) is 26.3. The molecule has 5 rings (SSSR count). The van der Waals surface area contributed by atoms with Gasteiger partial charge in [-0.25, -0.2) is 4.79 Å². The van der Waals surface area contributed by atoms with E-state index in [1.54, 1.807) is 0 Å². The molecule has 41 heavy (non-hydrogen) atoms. The molecule has 3 fully saturated rings. The highest BCUT2D eigenvalue weighted by molar-refractivity contribution is 6.04. The number of Topliss-reactive ketones (excluding diaryl/α,β-unsaturated/α-hetero) is 1. The predicted octanol–water partition coefficient (Wildman–Crippen LogP) is 7.34. The minimum Gasteiger partial charge on any atom is -0.450 e. The zero-order chi connectivity index (χ0) is 30.0. The van der Waals surface area contributed by atoms with Crippen molar-refractivity contribution in [2.75, 3.05) is 13.2 Å². The van der Waals surface area contributed by atoms with E-state index in [0.717, 1.165) is 57.8 Å². The summed E-state index contributed by atoms with van der Waals surface area (Å²) in [4.78, 5) is 39.5. The first-order chi connectivity index (χ1) is 19.1. The zero-order valence-corrected chi connectivity index (χ0v) is 26.3. The molecule has 1 amide bonds. The quantitative estimate of drug-likeness (QED) is 0.354. The fraction of sp³-hybridized carbons (Fsp3) is 0.771. The molecule has 3 saturated carbocycles. The SMILES string of the molecule is CCNC(=O)OCCCC12CCC3C(C(=O)C=C4C5(C)C=C(C#N)C(=O)C(C)(C)C5CCC43C)C1CC(C)(C)CC2. The summed E-state index contributed by atoms with van der Waals surface area (Å²) in [6.07, 6.45) is 12.7. The molecular formula is C35H50N2O4. The minimum absolute atomic E-state index is 0.000757. The number of alkyl carbamates (subject to hydrolysis) is 1. The van der Waals surface area contributed by atoms with Gasteiger partial charge >= 0.3 is 6.09 Å². The molecule has 0 aromatic heterocycles. The molecule has 0 radical (unpaired) electrons. The first-order valence-corrected chi connectivity index (χ1v) is 16.0. The normalized spacial score (nSPS) is 40.4. The van der Waals surface area contributed by atoms with Crippen LogP contribution in [0.3, 0.4) is 0 Å². The van der Waals surface area contributed by atoms with E-state index in [4.69, 9.17) is 4.74 Å². The molecule has 0 aromatic carbocycles. The lowest BCUT2D eigenvalue weighted by Gasteiger charge is -2.65. The Hall–Kier alpha value is -2.42. The van der Waals surface area contributed by atoms with Crippen LogP contribution in [0.25, 0.3) is 0 Å². The van der Waals surface area contributed by atoms with Crippen molar-refractivity contribution < 1.29 is 19.1 Å². The first kappa shape index (κ1) is 30.1. The van der Waals surface area contributed by atoms with Gasteiger partial charge in [0.05, 0.1) is 12.2 Å². The Kier molecular flexibility index (Phi) is 7.40. The van der Waals surface area contributed by atoms with Crippen LogP contribution in [0.15, 0.2) is 23.3 Å². The van der Waals surface area contributed by atoms with Crippen molar-refractivity contribution in [3.8, 4) is 6.07 Å². The molecule has 5 aliphatic rings. The third-order valence-corrected chi connectivity index (χ3v) is 12.6. The first-order valence-electron chi connectivity index (χ1n) is 16.0. The molecule has 0 bridgehead atoms. The number of hydrogen-bond donors (Lipinski definition) is 1. The van der Waals surface area contributed by atoms with Gasteiger partial charge in [-0.1, -0.05) is 53.2 Å². The van der Waals surface area contributed by atoms with Gasteiger partial charge in [-0.15, -0.1) is 0 Å². The van der Waals surface area contributed by atoms with Gasteiger partial charge in [-0.05, 0) is 105 Å². The number of ketones is 2. The van der Waals surface area contributed by atoms with E-state index in [9.17, 15) is 19.6 Å². The van der Waals surface area contributed by atoms with Crippen molar-refractivity contribution in [3.63, 3.8) is 0 Å². The van der Waals surface area contributed by atoms with Crippen LogP contribution in [0.5, 0.6) is 0 Å². The summed E-state index contributed by atoms with van der Waals surface area (Å²) in [5.74, 6) is 0.859. The van der Waals surface area contributed by atoms with E-state index in [1.165, 1.54) is 5.57 Å². The Morgan fingerprint density at radius 2 is 1.78 bits per heavy atom. The number of allylic oxidation sites excluding steroid dienone is 4. The molecule has 0 spiro atoms. The van der Waals surface area contributed by atoms with Crippen LogP contribution in [-0.4, -0.2) is 30.8 Å². The second-order valence-corrected chi connectivity index (χ2v) is 15.8. The lowest BCUT2D eigenvalue weighted by atomic mass is 9.38. The number of fused-ring (bicyclic) bond motifs is 7. The molecule has 0 aliphatic heterocycles. The summed E-state index contributed by atoms with van der Waals surface area (Å²) in [5.41, 5.74) is 0.466. The topological polar surface area (TPSA) is 96.3 Å². The number of rotatable bonds is 5. The highest BCUT2D eigenvalue weighted by Crippen LogP contribution is 2.71. The van der Waals surface area contributed by atoms with E-state index in [2.05, 4.69) is 39.1 Å².